The maximum atomic E-state index is 9.91. The molecule has 0 amide bonds. The van der Waals surface area contributed by atoms with E-state index in [0.717, 1.165) is 52.7 Å². The highest BCUT2D eigenvalue weighted by Crippen LogP contribution is 2.74. The van der Waals surface area contributed by atoms with Crippen LogP contribution < -0.4 is 0 Å². The Morgan fingerprint density at radius 2 is 1.35 bits per heavy atom. The minimum atomic E-state index is 0.170. The van der Waals surface area contributed by atoms with Gasteiger partial charge < -0.3 is 5.53 Å². The summed E-state index contributed by atoms with van der Waals surface area (Å²) >= 11 is 0. The molecule has 7 fully saturated rings. The molecule has 7 aliphatic rings. The summed E-state index contributed by atoms with van der Waals surface area (Å²) in [4.78, 5) is 3.90. The molecule has 8 rings (SSSR count). The van der Waals surface area contributed by atoms with Crippen LogP contribution >= 0.6 is 0 Å². The Morgan fingerprint density at radius 3 is 1.83 bits per heavy atom. The fraction of sp³-hybridized carbons (Fsp3) is 0.667. The van der Waals surface area contributed by atoms with E-state index in [2.05, 4.69) is 35.1 Å². The van der Waals surface area contributed by atoms with Crippen LogP contribution in [0.15, 0.2) is 30.3 Å². The van der Waals surface area contributed by atoms with Crippen molar-refractivity contribution >= 4 is 5.71 Å². The Balaban J connectivity index is 1.46. The Labute approximate surface area is 137 Å². The number of rotatable bonds is 2. The topological polar surface area (TPSA) is 36.4 Å². The van der Waals surface area contributed by atoms with E-state index in [1.807, 2.05) is 0 Å². The van der Waals surface area contributed by atoms with Crippen LogP contribution in [-0.2, 0) is 0 Å². The molecule has 8 bridgehead atoms. The van der Waals surface area contributed by atoms with Crippen LogP contribution in [0, 0.1) is 46.8 Å². The second kappa shape index (κ2) is 4.16. The summed E-state index contributed by atoms with van der Waals surface area (Å²) in [6, 6.07) is 10.5. The van der Waals surface area contributed by atoms with Crippen molar-refractivity contribution in [2.24, 2.45) is 46.8 Å². The molecule has 2 heteroatoms. The summed E-state index contributed by atoms with van der Waals surface area (Å²) in [5.41, 5.74) is 12.2. The van der Waals surface area contributed by atoms with E-state index < -0.39 is 0 Å². The summed E-state index contributed by atoms with van der Waals surface area (Å²) in [7, 11) is 0. The zero-order valence-corrected chi connectivity index (χ0v) is 13.6. The molecule has 7 saturated carbocycles. The van der Waals surface area contributed by atoms with Crippen molar-refractivity contribution in [2.75, 3.05) is 0 Å². The zero-order valence-electron chi connectivity index (χ0n) is 13.6. The molecule has 2 nitrogen and oxygen atoms in total. The molecule has 0 aliphatic heterocycles. The Kier molecular flexibility index (Phi) is 2.34. The quantitative estimate of drug-likeness (QED) is 0.441. The van der Waals surface area contributed by atoms with Crippen molar-refractivity contribution in [1.29, 1.82) is 0 Å². The van der Waals surface area contributed by atoms with Gasteiger partial charge in [-0.05, 0) is 92.1 Å². The van der Waals surface area contributed by atoms with Gasteiger partial charge in [0.1, 0.15) is 0 Å². The molecule has 0 aromatic heterocycles. The smallest absolute Gasteiger partial charge is 0.305 e. The molecule has 0 spiro atoms. The molecule has 23 heavy (non-hydrogen) atoms. The van der Waals surface area contributed by atoms with Gasteiger partial charge in [0.05, 0.1) is 11.0 Å². The highest BCUT2D eigenvalue weighted by molar-refractivity contribution is 6.01. The maximum absolute atomic E-state index is 9.91. The molecular weight excluding hydrogens is 280 g/mol. The van der Waals surface area contributed by atoms with Gasteiger partial charge in [0.25, 0.3) is 0 Å². The summed E-state index contributed by atoms with van der Waals surface area (Å²) in [5.74, 6) is 6.89. The van der Waals surface area contributed by atoms with E-state index >= 15 is 0 Å². The van der Waals surface area contributed by atoms with Crippen LogP contribution in [0.25, 0.3) is 5.53 Å². The van der Waals surface area contributed by atoms with E-state index in [9.17, 15) is 5.53 Å². The molecule has 1 aromatic carbocycles. The highest BCUT2D eigenvalue weighted by atomic mass is 14.9. The molecule has 0 atom stereocenters. The van der Waals surface area contributed by atoms with Crippen molar-refractivity contribution in [3.63, 3.8) is 0 Å². The lowest BCUT2D eigenvalue weighted by Crippen LogP contribution is -2.66. The van der Waals surface area contributed by atoms with E-state index in [1.165, 1.54) is 38.5 Å². The van der Waals surface area contributed by atoms with Gasteiger partial charge in [0.2, 0.25) is 0 Å². The van der Waals surface area contributed by atoms with Gasteiger partial charge in [0.15, 0.2) is 0 Å². The van der Waals surface area contributed by atoms with E-state index in [4.69, 9.17) is 0 Å². The Morgan fingerprint density at radius 1 is 0.826 bits per heavy atom. The van der Waals surface area contributed by atoms with E-state index in [0.29, 0.717) is 0 Å². The summed E-state index contributed by atoms with van der Waals surface area (Å²) in [5, 5.41) is 0. The third-order valence-electron chi connectivity index (χ3n) is 8.65. The van der Waals surface area contributed by atoms with E-state index in [-0.39, 0.29) is 5.41 Å². The van der Waals surface area contributed by atoms with Crippen LogP contribution in [0.2, 0.25) is 0 Å². The molecule has 0 unspecified atom stereocenters. The fourth-order valence-electron chi connectivity index (χ4n) is 8.27. The summed E-state index contributed by atoms with van der Waals surface area (Å²) < 4.78 is 0. The highest BCUT2D eigenvalue weighted by Gasteiger charge is 2.69. The number of benzene rings is 1. The Bertz CT molecular complexity index is 654. The molecule has 0 heterocycles. The molecule has 0 radical (unpaired) electrons. The van der Waals surface area contributed by atoms with Crippen molar-refractivity contribution in [1.82, 2.24) is 0 Å². The van der Waals surface area contributed by atoms with E-state index in [1.54, 1.807) is 0 Å². The SMILES string of the molecule is [N-]=[N+]=C(c1ccccc1)C12CC3C4CC5CC3C(C1)C(C5)C4C2. The first kappa shape index (κ1) is 13.0. The lowest BCUT2D eigenvalue weighted by atomic mass is 9.32. The standard InChI is InChI=1S/C21H24N2/c22-23-20(13-4-2-1-3-5-13)21-9-17-14-6-12-7-15(17)19(11-21)16(8-12)18(14)10-21/h1-5,12,14-19H,6-11H2. The van der Waals surface area contributed by atoms with Gasteiger partial charge in [0, 0.05) is 0 Å². The summed E-state index contributed by atoms with van der Waals surface area (Å²) in [6.07, 6.45) is 8.43. The van der Waals surface area contributed by atoms with Gasteiger partial charge in [-0.3, -0.25) is 0 Å². The summed E-state index contributed by atoms with van der Waals surface area (Å²) in [6.45, 7) is 0. The minimum absolute atomic E-state index is 0.170. The van der Waals surface area contributed by atoms with Gasteiger partial charge in [-0.25, -0.2) is 0 Å². The second-order valence-electron chi connectivity index (χ2n) is 9.26. The molecule has 118 valence electrons. The molecule has 1 aromatic rings. The van der Waals surface area contributed by atoms with Crippen LogP contribution in [0.1, 0.15) is 44.1 Å². The van der Waals surface area contributed by atoms with Gasteiger partial charge >= 0.3 is 5.71 Å². The van der Waals surface area contributed by atoms with Crippen molar-refractivity contribution in [3.8, 4) is 0 Å². The van der Waals surface area contributed by atoms with Crippen LogP contribution in [0.5, 0.6) is 0 Å². The maximum Gasteiger partial charge on any atom is 0.305 e. The van der Waals surface area contributed by atoms with Gasteiger partial charge in [-0.2, -0.15) is 4.79 Å². The second-order valence-corrected chi connectivity index (χ2v) is 9.26. The fourth-order valence-corrected chi connectivity index (χ4v) is 8.27. The Hall–Kier alpha value is -1.40. The normalized spacial score (nSPS) is 51.0. The molecule has 0 N–H and O–H groups in total. The monoisotopic (exact) mass is 304 g/mol. The van der Waals surface area contributed by atoms with Crippen molar-refractivity contribution < 1.29 is 4.79 Å². The number of hydrogen-bond acceptors (Lipinski definition) is 0. The average Bonchev–Trinajstić information content (AvgIpc) is 2.60. The first-order chi connectivity index (χ1) is 11.3. The predicted molar refractivity (Wildman–Crippen MR) is 88.7 cm³/mol. The molecule has 7 aliphatic carbocycles. The third kappa shape index (κ3) is 1.47. The van der Waals surface area contributed by atoms with Crippen molar-refractivity contribution in [3.05, 3.63) is 41.4 Å². The zero-order chi connectivity index (χ0) is 15.2. The third-order valence-corrected chi connectivity index (χ3v) is 8.65. The number of hydrogen-bond donors (Lipinski definition) is 0. The van der Waals surface area contributed by atoms with Gasteiger partial charge in [-0.15, -0.1) is 0 Å². The van der Waals surface area contributed by atoms with Crippen LogP contribution in [0.3, 0.4) is 0 Å². The van der Waals surface area contributed by atoms with Crippen LogP contribution in [-0.4, -0.2) is 10.5 Å². The van der Waals surface area contributed by atoms with Crippen molar-refractivity contribution in [2.45, 2.75) is 38.5 Å². The lowest BCUT2D eigenvalue weighted by Gasteiger charge is -2.71. The predicted octanol–water partition coefficient (Wildman–Crippen LogP) is 4.41. The first-order valence-electron chi connectivity index (χ1n) is 9.57. The average molecular weight is 304 g/mol. The largest absolute Gasteiger partial charge is 0.361 e. The van der Waals surface area contributed by atoms with Crippen LogP contribution in [0.4, 0.5) is 0 Å². The molecule has 0 saturated heterocycles. The molecular formula is C21H24N2. The van der Waals surface area contributed by atoms with Gasteiger partial charge in [-0.1, -0.05) is 18.2 Å². The lowest BCUT2D eigenvalue weighted by molar-refractivity contribution is -0.221. The first-order valence-corrected chi connectivity index (χ1v) is 9.57. The minimum Gasteiger partial charge on any atom is -0.361 e. The number of nitrogens with zero attached hydrogens (tertiary/aromatic N) is 2.